The lowest BCUT2D eigenvalue weighted by Gasteiger charge is -2.17. The second kappa shape index (κ2) is 8.29. The van der Waals surface area contributed by atoms with Gasteiger partial charge in [0.2, 0.25) is 15.9 Å². The van der Waals surface area contributed by atoms with Crippen LogP contribution in [0.2, 0.25) is 0 Å². The van der Waals surface area contributed by atoms with Crippen LogP contribution in [0.5, 0.6) is 5.75 Å². The van der Waals surface area contributed by atoms with Crippen molar-refractivity contribution in [1.29, 1.82) is 0 Å². The Morgan fingerprint density at radius 2 is 1.92 bits per heavy atom. The summed E-state index contributed by atoms with van der Waals surface area (Å²) in [5, 5.41) is 2.69. The molecule has 8 heteroatoms. The van der Waals surface area contributed by atoms with Gasteiger partial charge in [-0.2, -0.15) is 4.72 Å². The number of pyridine rings is 1. The molecule has 1 aromatic carbocycles. The van der Waals surface area contributed by atoms with Gasteiger partial charge in [-0.25, -0.2) is 8.42 Å². The second-order valence-corrected chi connectivity index (χ2v) is 7.66. The van der Waals surface area contributed by atoms with Crippen molar-refractivity contribution in [3.63, 3.8) is 0 Å². The maximum atomic E-state index is 12.7. The van der Waals surface area contributed by atoms with Crippen LogP contribution in [0.1, 0.15) is 23.6 Å². The zero-order chi connectivity index (χ0) is 19.3. The fourth-order valence-electron chi connectivity index (χ4n) is 2.64. The predicted molar refractivity (Wildman–Crippen MR) is 98.3 cm³/mol. The Bertz CT molecular complexity index is 860. The van der Waals surface area contributed by atoms with Gasteiger partial charge >= 0.3 is 0 Å². The Morgan fingerprint density at radius 3 is 2.46 bits per heavy atom. The molecule has 0 aliphatic heterocycles. The Kier molecular flexibility index (Phi) is 6.33. The summed E-state index contributed by atoms with van der Waals surface area (Å²) in [6, 6.07) is 5.97. The average Bonchev–Trinajstić information content (AvgIpc) is 2.59. The molecule has 1 aromatic heterocycles. The van der Waals surface area contributed by atoms with Crippen molar-refractivity contribution in [2.75, 3.05) is 7.11 Å². The van der Waals surface area contributed by atoms with Crippen molar-refractivity contribution in [3.05, 3.63) is 53.3 Å². The number of methoxy groups -OCH3 is 1. The van der Waals surface area contributed by atoms with E-state index in [1.807, 2.05) is 6.07 Å². The number of benzene rings is 1. The highest BCUT2D eigenvalue weighted by Crippen LogP contribution is 2.25. The molecule has 0 aliphatic carbocycles. The number of ether oxygens (including phenoxy) is 1. The molecule has 0 saturated heterocycles. The normalized spacial score (nSPS) is 12.5. The van der Waals surface area contributed by atoms with Gasteiger partial charge in [-0.05, 0) is 55.7 Å². The van der Waals surface area contributed by atoms with Crippen LogP contribution in [0.25, 0.3) is 0 Å². The monoisotopic (exact) mass is 377 g/mol. The lowest BCUT2D eigenvalue weighted by molar-refractivity contribution is -0.122. The van der Waals surface area contributed by atoms with Gasteiger partial charge in [0.25, 0.3) is 0 Å². The summed E-state index contributed by atoms with van der Waals surface area (Å²) >= 11 is 0. The molecule has 0 bridgehead atoms. The van der Waals surface area contributed by atoms with E-state index in [1.165, 1.54) is 14.0 Å². The molecule has 2 rings (SSSR count). The fourth-order valence-corrected chi connectivity index (χ4v) is 4.30. The third-order valence-electron chi connectivity index (χ3n) is 3.85. The maximum absolute atomic E-state index is 12.7. The van der Waals surface area contributed by atoms with Crippen LogP contribution in [0.3, 0.4) is 0 Å². The van der Waals surface area contributed by atoms with Crippen molar-refractivity contribution >= 4 is 15.9 Å². The first-order chi connectivity index (χ1) is 12.2. The summed E-state index contributed by atoms with van der Waals surface area (Å²) < 4.78 is 33.0. The number of aryl methyl sites for hydroxylation is 2. The number of aromatic nitrogens is 1. The van der Waals surface area contributed by atoms with Crippen LogP contribution in [0, 0.1) is 13.8 Å². The molecule has 0 aliphatic rings. The number of rotatable bonds is 7. The van der Waals surface area contributed by atoms with Crippen molar-refractivity contribution in [2.24, 2.45) is 0 Å². The maximum Gasteiger partial charge on any atom is 0.241 e. The van der Waals surface area contributed by atoms with Gasteiger partial charge in [0, 0.05) is 18.9 Å². The number of nitrogens with one attached hydrogen (secondary N) is 2. The van der Waals surface area contributed by atoms with E-state index >= 15 is 0 Å². The smallest absolute Gasteiger partial charge is 0.241 e. The molecular weight excluding hydrogens is 354 g/mol. The summed E-state index contributed by atoms with van der Waals surface area (Å²) in [5.74, 6) is 0.169. The second-order valence-electron chi connectivity index (χ2n) is 6.01. The van der Waals surface area contributed by atoms with Crippen LogP contribution < -0.4 is 14.8 Å². The van der Waals surface area contributed by atoms with E-state index in [1.54, 1.807) is 44.4 Å². The number of carbonyl (C=O) groups excluding carboxylic acids is 1. The zero-order valence-electron chi connectivity index (χ0n) is 15.2. The minimum Gasteiger partial charge on any atom is -0.497 e. The van der Waals surface area contributed by atoms with E-state index in [-0.39, 0.29) is 11.4 Å². The minimum atomic E-state index is -3.85. The average molecular weight is 377 g/mol. The first-order valence-corrected chi connectivity index (χ1v) is 9.57. The predicted octanol–water partition coefficient (Wildman–Crippen LogP) is 1.69. The van der Waals surface area contributed by atoms with Gasteiger partial charge < -0.3 is 10.1 Å². The molecule has 1 heterocycles. The third-order valence-corrected chi connectivity index (χ3v) is 5.70. The Morgan fingerprint density at radius 1 is 1.27 bits per heavy atom. The number of amides is 1. The lowest BCUT2D eigenvalue weighted by atomic mass is 10.1. The van der Waals surface area contributed by atoms with Crippen LogP contribution in [-0.4, -0.2) is 32.5 Å². The number of nitrogens with zero attached hydrogens (tertiary/aromatic N) is 1. The zero-order valence-corrected chi connectivity index (χ0v) is 16.1. The molecule has 0 fully saturated rings. The van der Waals surface area contributed by atoms with E-state index < -0.39 is 22.0 Å². The third kappa shape index (κ3) is 4.80. The molecule has 1 amide bonds. The van der Waals surface area contributed by atoms with Gasteiger partial charge in [-0.3, -0.25) is 9.78 Å². The number of sulfonamides is 1. The van der Waals surface area contributed by atoms with E-state index in [0.29, 0.717) is 16.9 Å². The molecule has 0 unspecified atom stereocenters. The van der Waals surface area contributed by atoms with Crippen molar-refractivity contribution < 1.29 is 17.9 Å². The standard InChI is InChI=1S/C18H23N3O4S/c1-12-8-16(25-4)9-13(2)17(12)26(23,24)21-14(3)18(22)20-11-15-6-5-7-19-10-15/h5-10,14,21H,11H2,1-4H3,(H,20,22)/t14-/m0/s1. The van der Waals surface area contributed by atoms with Crippen molar-refractivity contribution in [2.45, 2.75) is 38.3 Å². The summed E-state index contributed by atoms with van der Waals surface area (Å²) in [5.41, 5.74) is 1.94. The van der Waals surface area contributed by atoms with Crippen molar-refractivity contribution in [1.82, 2.24) is 15.0 Å². The quantitative estimate of drug-likeness (QED) is 0.765. The molecule has 2 aromatic rings. The molecule has 0 spiro atoms. The SMILES string of the molecule is COc1cc(C)c(S(=O)(=O)N[C@@H](C)C(=O)NCc2cccnc2)c(C)c1. The topological polar surface area (TPSA) is 97.4 Å². The molecule has 2 N–H and O–H groups in total. The van der Waals surface area contributed by atoms with Gasteiger partial charge in [-0.15, -0.1) is 0 Å². The minimum absolute atomic E-state index is 0.158. The van der Waals surface area contributed by atoms with Crippen LogP contribution in [0.15, 0.2) is 41.6 Å². The molecular formula is C18H23N3O4S. The molecule has 0 radical (unpaired) electrons. The summed E-state index contributed by atoms with van der Waals surface area (Å²) in [6.07, 6.45) is 3.28. The number of hydrogen-bond donors (Lipinski definition) is 2. The van der Waals surface area contributed by atoms with Gasteiger partial charge in [0.1, 0.15) is 5.75 Å². The molecule has 0 saturated carbocycles. The number of hydrogen-bond acceptors (Lipinski definition) is 5. The Labute approximate surface area is 153 Å². The first kappa shape index (κ1) is 19.9. The van der Waals surface area contributed by atoms with Crippen LogP contribution in [0.4, 0.5) is 0 Å². The van der Waals surface area contributed by atoms with E-state index in [9.17, 15) is 13.2 Å². The largest absolute Gasteiger partial charge is 0.497 e. The van der Waals surface area contributed by atoms with Crippen molar-refractivity contribution in [3.8, 4) is 5.75 Å². The first-order valence-electron chi connectivity index (χ1n) is 8.09. The Balaban J connectivity index is 2.09. The summed E-state index contributed by atoms with van der Waals surface area (Å²) in [7, 11) is -2.33. The Hall–Kier alpha value is -2.45. The lowest BCUT2D eigenvalue weighted by Crippen LogP contribution is -2.44. The van der Waals surface area contributed by atoms with E-state index in [0.717, 1.165) is 5.56 Å². The van der Waals surface area contributed by atoms with Gasteiger partial charge in [0.15, 0.2) is 0 Å². The summed E-state index contributed by atoms with van der Waals surface area (Å²) in [4.78, 5) is 16.3. The molecule has 7 nitrogen and oxygen atoms in total. The van der Waals surface area contributed by atoms with E-state index in [4.69, 9.17) is 4.74 Å². The summed E-state index contributed by atoms with van der Waals surface area (Å²) in [6.45, 7) is 5.16. The molecule has 26 heavy (non-hydrogen) atoms. The van der Waals surface area contributed by atoms with Gasteiger partial charge in [-0.1, -0.05) is 6.07 Å². The van der Waals surface area contributed by atoms with Gasteiger partial charge in [0.05, 0.1) is 18.0 Å². The van der Waals surface area contributed by atoms with Crippen LogP contribution in [-0.2, 0) is 21.4 Å². The highest BCUT2D eigenvalue weighted by Gasteiger charge is 2.25. The highest BCUT2D eigenvalue weighted by molar-refractivity contribution is 7.89. The highest BCUT2D eigenvalue weighted by atomic mass is 32.2. The fraction of sp³-hybridized carbons (Fsp3) is 0.333. The molecule has 1 atom stereocenters. The molecule has 140 valence electrons. The van der Waals surface area contributed by atoms with E-state index in [2.05, 4.69) is 15.0 Å². The number of carbonyl (C=O) groups is 1. The van der Waals surface area contributed by atoms with Crippen LogP contribution >= 0.6 is 0 Å².